The van der Waals surface area contributed by atoms with E-state index >= 15 is 0 Å². The van der Waals surface area contributed by atoms with Crippen LogP contribution in [0.5, 0.6) is 0 Å². The van der Waals surface area contributed by atoms with Crippen molar-refractivity contribution in [3.05, 3.63) is 75.9 Å². The average Bonchev–Trinajstić information content (AvgIpc) is 2.54. The Kier molecular flexibility index (Phi) is 4.61. The number of fused-ring (bicyclic) bond motifs is 1. The third-order valence-corrected chi connectivity index (χ3v) is 4.78. The second-order valence-electron chi connectivity index (χ2n) is 6.29. The lowest BCUT2D eigenvalue weighted by atomic mass is 9.79. The monoisotopic (exact) mass is 312 g/mol. The zero-order chi connectivity index (χ0) is 16.4. The molecule has 0 bridgehead atoms. The summed E-state index contributed by atoms with van der Waals surface area (Å²) in [5.74, 6) is -0.914. The van der Waals surface area contributed by atoms with Crippen molar-refractivity contribution in [3.8, 4) is 0 Å². The fourth-order valence-electron chi connectivity index (χ4n) is 3.56. The molecule has 0 saturated heterocycles. The molecule has 1 atom stereocenters. The topological polar surface area (TPSA) is 0 Å². The van der Waals surface area contributed by atoms with E-state index in [1.165, 1.54) is 28.8 Å². The van der Waals surface area contributed by atoms with Gasteiger partial charge < -0.3 is 0 Å². The van der Waals surface area contributed by atoms with Gasteiger partial charge in [0.25, 0.3) is 0 Å². The molecule has 0 N–H and O–H groups in total. The van der Waals surface area contributed by atoms with Crippen molar-refractivity contribution in [3.63, 3.8) is 0 Å². The lowest BCUT2D eigenvalue weighted by molar-refractivity contribution is 0.491. The maximum Gasteiger partial charge on any atom is 0.130 e. The molecule has 0 saturated carbocycles. The Hall–Kier alpha value is -1.96. The fraction of sp³-hybridized carbons (Fsp3) is 0.333. The number of allylic oxidation sites excluding steroid dienone is 1. The highest BCUT2D eigenvalue weighted by atomic mass is 19.1. The highest BCUT2D eigenvalue weighted by molar-refractivity contribution is 5.51. The van der Waals surface area contributed by atoms with Crippen LogP contribution in [0.1, 0.15) is 54.0 Å². The molecule has 2 heteroatoms. The zero-order valence-electron chi connectivity index (χ0n) is 13.7. The smallest absolute Gasteiger partial charge is 0.130 e. The Balaban J connectivity index is 1.92. The lowest BCUT2D eigenvalue weighted by Gasteiger charge is -2.26. The predicted molar refractivity (Wildman–Crippen MR) is 91.7 cm³/mol. The highest BCUT2D eigenvalue weighted by Crippen LogP contribution is 2.36. The number of halogens is 2. The Morgan fingerprint density at radius 3 is 2.48 bits per heavy atom. The Bertz CT molecular complexity index is 720. The Labute approximate surface area is 136 Å². The summed E-state index contributed by atoms with van der Waals surface area (Å²) in [6.45, 7) is 3.98. The molecule has 1 aliphatic rings. The van der Waals surface area contributed by atoms with Gasteiger partial charge in [0, 0.05) is 5.56 Å². The van der Waals surface area contributed by atoms with Gasteiger partial charge in [-0.25, -0.2) is 8.78 Å². The number of hydrogen-bond donors (Lipinski definition) is 0. The van der Waals surface area contributed by atoms with Crippen LogP contribution in [-0.4, -0.2) is 0 Å². The summed E-state index contributed by atoms with van der Waals surface area (Å²) in [7, 11) is 0. The van der Waals surface area contributed by atoms with E-state index in [1.807, 2.05) is 6.92 Å². The first-order valence-corrected chi connectivity index (χ1v) is 8.34. The average molecular weight is 312 g/mol. The van der Waals surface area contributed by atoms with Crippen LogP contribution in [0.15, 0.2) is 36.4 Å². The molecular formula is C21H22F2. The molecule has 1 unspecified atom stereocenters. The van der Waals surface area contributed by atoms with Gasteiger partial charge >= 0.3 is 0 Å². The van der Waals surface area contributed by atoms with Gasteiger partial charge in [0.05, 0.1) is 0 Å². The molecule has 2 aromatic rings. The van der Waals surface area contributed by atoms with Gasteiger partial charge in [0.2, 0.25) is 0 Å². The SMILES string of the molecule is C/C=C/c1cc(F)c(C2CCc3cc(CC)ccc3C2)c(F)c1. The van der Waals surface area contributed by atoms with Crippen molar-refractivity contribution in [2.75, 3.05) is 0 Å². The molecule has 3 rings (SSSR count). The van der Waals surface area contributed by atoms with Crippen LogP contribution in [0.25, 0.3) is 6.08 Å². The van der Waals surface area contributed by atoms with E-state index in [0.717, 1.165) is 25.7 Å². The van der Waals surface area contributed by atoms with Crippen molar-refractivity contribution >= 4 is 6.08 Å². The summed E-state index contributed by atoms with van der Waals surface area (Å²) >= 11 is 0. The lowest BCUT2D eigenvalue weighted by Crippen LogP contribution is -2.16. The van der Waals surface area contributed by atoms with Crippen molar-refractivity contribution < 1.29 is 8.78 Å². The molecule has 0 amide bonds. The van der Waals surface area contributed by atoms with E-state index < -0.39 is 11.6 Å². The first kappa shape index (κ1) is 15.9. The van der Waals surface area contributed by atoms with E-state index in [0.29, 0.717) is 5.56 Å². The molecule has 0 aromatic heterocycles. The predicted octanol–water partition coefficient (Wildman–Crippen LogP) is 5.83. The summed E-state index contributed by atoms with van der Waals surface area (Å²) in [5, 5.41) is 0. The summed E-state index contributed by atoms with van der Waals surface area (Å²) in [4.78, 5) is 0. The summed E-state index contributed by atoms with van der Waals surface area (Å²) < 4.78 is 28.9. The van der Waals surface area contributed by atoms with Crippen LogP contribution in [0.2, 0.25) is 0 Å². The molecule has 0 aliphatic heterocycles. The highest BCUT2D eigenvalue weighted by Gasteiger charge is 2.25. The molecule has 0 nitrogen and oxygen atoms in total. The van der Waals surface area contributed by atoms with Crippen molar-refractivity contribution in [1.29, 1.82) is 0 Å². The normalized spacial score (nSPS) is 17.5. The minimum absolute atomic E-state index is 0.0744. The minimum atomic E-state index is -0.420. The van der Waals surface area contributed by atoms with Crippen LogP contribution < -0.4 is 0 Å². The van der Waals surface area contributed by atoms with Crippen LogP contribution in [0, 0.1) is 11.6 Å². The second kappa shape index (κ2) is 6.66. The van der Waals surface area contributed by atoms with Gasteiger partial charge in [-0.15, -0.1) is 0 Å². The third-order valence-electron chi connectivity index (χ3n) is 4.78. The fourth-order valence-corrected chi connectivity index (χ4v) is 3.56. The third kappa shape index (κ3) is 3.21. The minimum Gasteiger partial charge on any atom is -0.207 e. The first-order chi connectivity index (χ1) is 11.1. The molecule has 120 valence electrons. The van der Waals surface area contributed by atoms with Crippen LogP contribution in [0.4, 0.5) is 8.78 Å². The number of hydrogen-bond acceptors (Lipinski definition) is 0. The van der Waals surface area contributed by atoms with Gasteiger partial charge in [-0.2, -0.15) is 0 Å². The Morgan fingerprint density at radius 1 is 1.09 bits per heavy atom. The van der Waals surface area contributed by atoms with Crippen molar-refractivity contribution in [1.82, 2.24) is 0 Å². The maximum absolute atomic E-state index is 14.4. The maximum atomic E-state index is 14.4. The standard InChI is InChI=1S/C21H22F2/c1-3-5-15-11-19(22)21(20(23)12-15)18-9-8-16-10-14(4-2)6-7-17(16)13-18/h3,5-7,10-12,18H,4,8-9,13H2,1-2H3/b5-3+. The molecule has 0 radical (unpaired) electrons. The molecule has 23 heavy (non-hydrogen) atoms. The molecular weight excluding hydrogens is 290 g/mol. The van der Waals surface area contributed by atoms with Crippen molar-refractivity contribution in [2.45, 2.75) is 45.4 Å². The van der Waals surface area contributed by atoms with E-state index in [-0.39, 0.29) is 11.5 Å². The van der Waals surface area contributed by atoms with Gasteiger partial charge in [-0.3, -0.25) is 0 Å². The molecule has 2 aromatic carbocycles. The quantitative estimate of drug-likeness (QED) is 0.668. The van der Waals surface area contributed by atoms with Crippen LogP contribution in [0.3, 0.4) is 0 Å². The largest absolute Gasteiger partial charge is 0.207 e. The summed E-state index contributed by atoms with van der Waals surface area (Å²) in [5.41, 5.74) is 4.73. The van der Waals surface area contributed by atoms with Gasteiger partial charge in [-0.05, 0) is 72.9 Å². The number of aryl methyl sites for hydroxylation is 2. The van der Waals surface area contributed by atoms with Crippen molar-refractivity contribution in [2.24, 2.45) is 0 Å². The summed E-state index contributed by atoms with van der Waals surface area (Å²) in [6.07, 6.45) is 6.94. The molecule has 1 aliphatic carbocycles. The zero-order valence-corrected chi connectivity index (χ0v) is 13.7. The first-order valence-electron chi connectivity index (χ1n) is 8.34. The van der Waals surface area contributed by atoms with E-state index in [1.54, 1.807) is 12.2 Å². The molecule has 0 spiro atoms. The van der Waals surface area contributed by atoms with E-state index in [9.17, 15) is 8.78 Å². The number of rotatable bonds is 3. The van der Waals surface area contributed by atoms with E-state index in [4.69, 9.17) is 0 Å². The Morgan fingerprint density at radius 2 is 1.83 bits per heavy atom. The van der Waals surface area contributed by atoms with Crippen LogP contribution >= 0.6 is 0 Å². The van der Waals surface area contributed by atoms with Gasteiger partial charge in [-0.1, -0.05) is 37.3 Å². The summed E-state index contributed by atoms with van der Waals surface area (Å²) in [6, 6.07) is 9.38. The molecule has 0 heterocycles. The second-order valence-corrected chi connectivity index (χ2v) is 6.29. The molecule has 0 fully saturated rings. The van der Waals surface area contributed by atoms with Gasteiger partial charge in [0.15, 0.2) is 0 Å². The number of benzene rings is 2. The van der Waals surface area contributed by atoms with Gasteiger partial charge in [0.1, 0.15) is 11.6 Å². The van der Waals surface area contributed by atoms with Crippen LogP contribution in [-0.2, 0) is 19.3 Å². The van der Waals surface area contributed by atoms with E-state index in [2.05, 4.69) is 25.1 Å².